The highest BCUT2D eigenvalue weighted by molar-refractivity contribution is 6.30. The number of fused-ring (bicyclic) bond motifs is 1. The number of halogens is 1. The molecule has 3 amide bonds. The predicted octanol–water partition coefficient (Wildman–Crippen LogP) is 4.38. The number of carbonyl (C=O) groups is 2. The number of amides is 3. The maximum atomic E-state index is 13.3. The van der Waals surface area contributed by atoms with Gasteiger partial charge in [-0.3, -0.25) is 9.69 Å². The van der Waals surface area contributed by atoms with Gasteiger partial charge in [0.25, 0.3) is 0 Å². The van der Waals surface area contributed by atoms with E-state index in [9.17, 15) is 9.59 Å². The van der Waals surface area contributed by atoms with Gasteiger partial charge in [-0.25, -0.2) is 4.79 Å². The molecule has 164 valence electrons. The van der Waals surface area contributed by atoms with Gasteiger partial charge in [0.2, 0.25) is 5.91 Å². The van der Waals surface area contributed by atoms with Crippen LogP contribution in [0.3, 0.4) is 0 Å². The van der Waals surface area contributed by atoms with Gasteiger partial charge in [0.15, 0.2) is 0 Å². The summed E-state index contributed by atoms with van der Waals surface area (Å²) in [5, 5.41) is 3.69. The maximum Gasteiger partial charge on any atom is 0.324 e. The lowest BCUT2D eigenvalue weighted by Gasteiger charge is -2.39. The highest BCUT2D eigenvalue weighted by atomic mass is 35.5. The number of rotatable bonds is 3. The van der Waals surface area contributed by atoms with Crippen molar-refractivity contribution in [2.75, 3.05) is 24.5 Å². The summed E-state index contributed by atoms with van der Waals surface area (Å²) in [7, 11) is 0. The zero-order valence-corrected chi connectivity index (χ0v) is 18.7. The van der Waals surface area contributed by atoms with E-state index in [4.69, 9.17) is 16.3 Å². The van der Waals surface area contributed by atoms with Crippen molar-refractivity contribution in [3.8, 4) is 5.75 Å². The summed E-state index contributed by atoms with van der Waals surface area (Å²) in [4.78, 5) is 29.5. The molecule has 1 fully saturated rings. The molecule has 1 N–H and O–H groups in total. The molecule has 2 aromatic rings. The van der Waals surface area contributed by atoms with Crippen LogP contribution in [0, 0.1) is 12.8 Å². The maximum absolute atomic E-state index is 13.3. The molecule has 1 atom stereocenters. The third-order valence-electron chi connectivity index (χ3n) is 5.92. The average Bonchev–Trinajstić information content (AvgIpc) is 2.78. The van der Waals surface area contributed by atoms with Crippen molar-refractivity contribution in [1.82, 2.24) is 10.2 Å². The Morgan fingerprint density at radius 2 is 1.84 bits per heavy atom. The Bertz CT molecular complexity index is 955. The summed E-state index contributed by atoms with van der Waals surface area (Å²) in [6, 6.07) is 13.4. The quantitative estimate of drug-likeness (QED) is 0.768. The fourth-order valence-electron chi connectivity index (χ4n) is 4.17. The summed E-state index contributed by atoms with van der Waals surface area (Å²) < 4.78 is 5.90. The number of hydrogen-bond acceptors (Lipinski definition) is 3. The van der Waals surface area contributed by atoms with Crippen LogP contribution in [0.5, 0.6) is 5.75 Å². The first kappa shape index (κ1) is 21.5. The van der Waals surface area contributed by atoms with Crippen LogP contribution < -0.4 is 15.0 Å². The molecule has 6 nitrogen and oxygen atoms in total. The molecule has 0 radical (unpaired) electrons. The van der Waals surface area contributed by atoms with Gasteiger partial charge in [-0.1, -0.05) is 29.8 Å². The third-order valence-corrected chi connectivity index (χ3v) is 6.17. The molecule has 1 saturated heterocycles. The molecule has 0 aliphatic carbocycles. The lowest BCUT2D eigenvalue weighted by atomic mass is 9.96. The zero-order chi connectivity index (χ0) is 22.0. The molecule has 7 heteroatoms. The lowest BCUT2D eigenvalue weighted by Crippen LogP contribution is -2.52. The van der Waals surface area contributed by atoms with Crippen molar-refractivity contribution in [1.29, 1.82) is 0 Å². The largest absolute Gasteiger partial charge is 0.487 e. The number of benzene rings is 2. The minimum atomic E-state index is -0.0745. The minimum absolute atomic E-state index is 0.0120. The number of anilines is 1. The number of nitrogens with one attached hydrogen (secondary N) is 1. The van der Waals surface area contributed by atoms with Crippen LogP contribution in [0.1, 0.15) is 30.9 Å². The Kier molecular flexibility index (Phi) is 6.37. The Balaban J connectivity index is 1.33. The Hall–Kier alpha value is -2.73. The standard InChI is InChI=1S/C24H28ClN3O3/c1-16-3-8-22-21(13-16)28(15-17(2)31-22)24(30)27-11-9-19(10-12-27)23(29)26-14-18-4-6-20(25)7-5-18/h3-8,13,17,19H,9-12,14-15H2,1-2H3,(H,26,29)/t17-/m1/s1. The van der Waals surface area contributed by atoms with Crippen LogP contribution in [0.4, 0.5) is 10.5 Å². The van der Waals surface area contributed by atoms with Gasteiger partial charge in [-0.2, -0.15) is 0 Å². The van der Waals surface area contributed by atoms with Gasteiger partial charge in [0.05, 0.1) is 12.2 Å². The van der Waals surface area contributed by atoms with Crippen LogP contribution in [-0.2, 0) is 11.3 Å². The number of likely N-dealkylation sites (tertiary alicyclic amines) is 1. The molecule has 2 aromatic carbocycles. The van der Waals surface area contributed by atoms with Crippen molar-refractivity contribution in [3.63, 3.8) is 0 Å². The van der Waals surface area contributed by atoms with E-state index in [-0.39, 0.29) is 24.0 Å². The summed E-state index contributed by atoms with van der Waals surface area (Å²) in [5.41, 5.74) is 2.93. The zero-order valence-electron chi connectivity index (χ0n) is 17.9. The summed E-state index contributed by atoms with van der Waals surface area (Å²) in [6.07, 6.45) is 1.27. The SMILES string of the molecule is Cc1ccc2c(c1)N(C(=O)N1CCC(C(=O)NCc3ccc(Cl)cc3)CC1)C[C@@H](C)O2. The average molecular weight is 442 g/mol. The monoisotopic (exact) mass is 441 g/mol. The molecular weight excluding hydrogens is 414 g/mol. The number of ether oxygens (including phenoxy) is 1. The fraction of sp³-hybridized carbons (Fsp3) is 0.417. The molecule has 31 heavy (non-hydrogen) atoms. The molecule has 2 aliphatic heterocycles. The van der Waals surface area contributed by atoms with Crippen molar-refractivity contribution < 1.29 is 14.3 Å². The van der Waals surface area contributed by atoms with Crippen LogP contribution in [0.15, 0.2) is 42.5 Å². The molecule has 0 saturated carbocycles. The van der Waals surface area contributed by atoms with Crippen molar-refractivity contribution in [2.24, 2.45) is 5.92 Å². The van der Waals surface area contributed by atoms with Crippen LogP contribution in [0.2, 0.25) is 5.02 Å². The van der Waals surface area contributed by atoms with E-state index in [1.807, 2.05) is 66.1 Å². The van der Waals surface area contributed by atoms with Crippen molar-refractivity contribution >= 4 is 29.2 Å². The molecule has 0 unspecified atom stereocenters. The lowest BCUT2D eigenvalue weighted by molar-refractivity contribution is -0.126. The minimum Gasteiger partial charge on any atom is -0.487 e. The summed E-state index contributed by atoms with van der Waals surface area (Å²) in [6.45, 7) is 6.14. The first-order valence-corrected chi connectivity index (χ1v) is 11.1. The Labute approximate surface area is 188 Å². The predicted molar refractivity (Wildman–Crippen MR) is 122 cm³/mol. The summed E-state index contributed by atoms with van der Waals surface area (Å²) in [5.74, 6) is 0.715. The van der Waals surface area contributed by atoms with Crippen LogP contribution >= 0.6 is 11.6 Å². The molecule has 4 rings (SSSR count). The second-order valence-corrected chi connectivity index (χ2v) is 8.83. The van der Waals surface area contributed by atoms with Gasteiger partial charge in [0.1, 0.15) is 11.9 Å². The molecule has 0 aromatic heterocycles. The van der Waals surface area contributed by atoms with E-state index in [2.05, 4.69) is 5.32 Å². The van der Waals surface area contributed by atoms with Crippen molar-refractivity contribution in [2.45, 2.75) is 39.3 Å². The van der Waals surface area contributed by atoms with Crippen LogP contribution in [-0.4, -0.2) is 42.6 Å². The molecule has 2 heterocycles. The first-order chi connectivity index (χ1) is 14.9. The number of aryl methyl sites for hydroxylation is 1. The number of carbonyl (C=O) groups excluding carboxylic acids is 2. The van der Waals surface area contributed by atoms with Gasteiger partial charge in [-0.15, -0.1) is 0 Å². The smallest absolute Gasteiger partial charge is 0.324 e. The van der Waals surface area contributed by atoms with Crippen molar-refractivity contribution in [3.05, 3.63) is 58.6 Å². The van der Waals surface area contributed by atoms with Gasteiger partial charge < -0.3 is 15.0 Å². The molecule has 2 aliphatic rings. The highest BCUT2D eigenvalue weighted by Crippen LogP contribution is 2.35. The van der Waals surface area contributed by atoms with Gasteiger partial charge in [-0.05, 0) is 62.1 Å². The second kappa shape index (κ2) is 9.18. The van der Waals surface area contributed by atoms with E-state index in [1.54, 1.807) is 0 Å². The number of piperidine rings is 1. The van der Waals surface area contributed by atoms with E-state index in [0.717, 1.165) is 22.6 Å². The number of nitrogens with zero attached hydrogens (tertiary/aromatic N) is 2. The topological polar surface area (TPSA) is 61.9 Å². The summed E-state index contributed by atoms with van der Waals surface area (Å²) >= 11 is 5.91. The second-order valence-electron chi connectivity index (χ2n) is 8.40. The Morgan fingerprint density at radius 1 is 1.13 bits per heavy atom. The Morgan fingerprint density at radius 3 is 2.55 bits per heavy atom. The van der Waals surface area contributed by atoms with Crippen LogP contribution in [0.25, 0.3) is 0 Å². The van der Waals surface area contributed by atoms with E-state index in [1.165, 1.54) is 0 Å². The molecule has 0 spiro atoms. The van der Waals surface area contributed by atoms with E-state index >= 15 is 0 Å². The van der Waals surface area contributed by atoms with Gasteiger partial charge >= 0.3 is 6.03 Å². The molecule has 0 bridgehead atoms. The number of hydrogen-bond donors (Lipinski definition) is 1. The van der Waals surface area contributed by atoms with E-state index in [0.29, 0.717) is 44.0 Å². The number of urea groups is 1. The first-order valence-electron chi connectivity index (χ1n) is 10.8. The normalized spacial score (nSPS) is 18.9. The fourth-order valence-corrected chi connectivity index (χ4v) is 4.29. The highest BCUT2D eigenvalue weighted by Gasteiger charge is 2.33. The third kappa shape index (κ3) is 4.96. The van der Waals surface area contributed by atoms with E-state index < -0.39 is 0 Å². The van der Waals surface area contributed by atoms with Gasteiger partial charge in [0, 0.05) is 30.6 Å². The molecular formula is C24H28ClN3O3.